The summed E-state index contributed by atoms with van der Waals surface area (Å²) in [4.78, 5) is 11.0. The van der Waals surface area contributed by atoms with Gasteiger partial charge in [0.2, 0.25) is 0 Å². The van der Waals surface area contributed by atoms with Crippen LogP contribution in [0.2, 0.25) is 0 Å². The molecule has 1 fully saturated rings. The monoisotopic (exact) mass is 188 g/mol. The zero-order valence-corrected chi connectivity index (χ0v) is 7.86. The average molecular weight is 188 g/mol. The Bertz CT molecular complexity index is 169. The zero-order valence-electron chi connectivity index (χ0n) is 7.86. The van der Waals surface area contributed by atoms with Crippen molar-refractivity contribution in [2.24, 2.45) is 5.92 Å². The van der Waals surface area contributed by atoms with Crippen LogP contribution >= 0.6 is 0 Å². The van der Waals surface area contributed by atoms with Crippen LogP contribution in [0.3, 0.4) is 0 Å². The molecule has 0 spiro atoms. The quantitative estimate of drug-likeness (QED) is 0.635. The molecule has 0 aromatic carbocycles. The molecule has 2 atom stereocenters. The first-order valence-electron chi connectivity index (χ1n) is 4.56. The van der Waals surface area contributed by atoms with Crippen molar-refractivity contribution in [3.63, 3.8) is 0 Å². The van der Waals surface area contributed by atoms with Crippen molar-refractivity contribution in [3.05, 3.63) is 0 Å². The van der Waals surface area contributed by atoms with Gasteiger partial charge in [0.15, 0.2) is 0 Å². The molecule has 0 aliphatic carbocycles. The predicted octanol–water partition coefficient (Wildman–Crippen LogP) is 0.337. The Hall–Kier alpha value is -0.610. The van der Waals surface area contributed by atoms with Gasteiger partial charge in [-0.3, -0.25) is 4.79 Å². The van der Waals surface area contributed by atoms with Crippen molar-refractivity contribution in [2.45, 2.75) is 25.4 Å². The van der Waals surface area contributed by atoms with Crippen molar-refractivity contribution in [3.8, 4) is 0 Å². The molecule has 1 N–H and O–H groups in total. The van der Waals surface area contributed by atoms with Crippen LogP contribution < -0.4 is 0 Å². The van der Waals surface area contributed by atoms with E-state index in [2.05, 4.69) is 4.74 Å². The van der Waals surface area contributed by atoms with E-state index in [-0.39, 0.29) is 11.9 Å². The number of carbonyl (C=O) groups is 1. The van der Waals surface area contributed by atoms with E-state index in [1.807, 2.05) is 0 Å². The number of aliphatic hydroxyl groups is 1. The maximum Gasteiger partial charge on any atom is 0.305 e. The standard InChI is InChI=1S/C9H16O4/c1-12-9(11)6-7-2-4-13-5-3-8(7)10/h7-8,10H,2-6H2,1H3. The lowest BCUT2D eigenvalue weighted by molar-refractivity contribution is -0.142. The van der Waals surface area contributed by atoms with E-state index in [0.29, 0.717) is 26.1 Å². The van der Waals surface area contributed by atoms with Crippen molar-refractivity contribution in [1.29, 1.82) is 0 Å². The molecule has 0 bridgehead atoms. The van der Waals surface area contributed by atoms with Crippen LogP contribution in [0.25, 0.3) is 0 Å². The number of methoxy groups -OCH3 is 1. The van der Waals surface area contributed by atoms with Gasteiger partial charge in [-0.2, -0.15) is 0 Å². The zero-order chi connectivity index (χ0) is 9.68. The maximum atomic E-state index is 11.0. The third kappa shape index (κ3) is 3.32. The fourth-order valence-electron chi connectivity index (χ4n) is 1.50. The van der Waals surface area contributed by atoms with Crippen LogP contribution in [0.5, 0.6) is 0 Å². The van der Waals surface area contributed by atoms with E-state index < -0.39 is 6.10 Å². The van der Waals surface area contributed by atoms with E-state index in [1.54, 1.807) is 0 Å². The van der Waals surface area contributed by atoms with Gasteiger partial charge in [0.1, 0.15) is 0 Å². The molecule has 76 valence electrons. The lowest BCUT2D eigenvalue weighted by Gasteiger charge is -2.17. The number of esters is 1. The van der Waals surface area contributed by atoms with Crippen molar-refractivity contribution >= 4 is 5.97 Å². The van der Waals surface area contributed by atoms with Crippen LogP contribution in [0.4, 0.5) is 0 Å². The first-order valence-corrected chi connectivity index (χ1v) is 4.56. The SMILES string of the molecule is COC(=O)CC1CCOCCC1O. The molecule has 2 unspecified atom stereocenters. The van der Waals surface area contributed by atoms with Crippen LogP contribution in [-0.2, 0) is 14.3 Å². The largest absolute Gasteiger partial charge is 0.469 e. The minimum absolute atomic E-state index is 0.00468. The molecule has 0 radical (unpaired) electrons. The van der Waals surface area contributed by atoms with Crippen molar-refractivity contribution in [1.82, 2.24) is 0 Å². The van der Waals surface area contributed by atoms with E-state index in [9.17, 15) is 9.90 Å². The predicted molar refractivity (Wildman–Crippen MR) is 46.2 cm³/mol. The van der Waals surface area contributed by atoms with Gasteiger partial charge in [-0.15, -0.1) is 0 Å². The normalized spacial score (nSPS) is 29.4. The Labute approximate surface area is 77.8 Å². The Morgan fingerprint density at radius 3 is 2.92 bits per heavy atom. The van der Waals surface area contributed by atoms with E-state index in [0.717, 1.165) is 6.42 Å². The number of hydrogen-bond donors (Lipinski definition) is 1. The lowest BCUT2D eigenvalue weighted by Crippen LogP contribution is -2.23. The summed E-state index contributed by atoms with van der Waals surface area (Å²) in [6.45, 7) is 1.21. The third-order valence-electron chi connectivity index (χ3n) is 2.39. The summed E-state index contributed by atoms with van der Waals surface area (Å²) < 4.78 is 9.75. The minimum atomic E-state index is -0.429. The Balaban J connectivity index is 2.40. The van der Waals surface area contributed by atoms with Gasteiger partial charge < -0.3 is 14.6 Å². The second-order valence-corrected chi connectivity index (χ2v) is 3.30. The molecule has 0 aromatic rings. The summed E-state index contributed by atoms with van der Waals surface area (Å²) in [6.07, 6.45) is 1.21. The second kappa shape index (κ2) is 5.19. The molecule has 13 heavy (non-hydrogen) atoms. The Kier molecular flexibility index (Phi) is 4.18. The number of carbonyl (C=O) groups excluding carboxylic acids is 1. The highest BCUT2D eigenvalue weighted by Gasteiger charge is 2.24. The molecule has 1 aliphatic rings. The maximum absolute atomic E-state index is 11.0. The summed E-state index contributed by atoms with van der Waals surface area (Å²) in [5.41, 5.74) is 0. The summed E-state index contributed by atoms with van der Waals surface area (Å²) in [6, 6.07) is 0. The summed E-state index contributed by atoms with van der Waals surface area (Å²) in [5, 5.41) is 9.61. The molecule has 0 saturated carbocycles. The van der Waals surface area contributed by atoms with Crippen LogP contribution in [0, 0.1) is 5.92 Å². The van der Waals surface area contributed by atoms with Gasteiger partial charge >= 0.3 is 5.97 Å². The lowest BCUT2D eigenvalue weighted by atomic mass is 9.94. The number of rotatable bonds is 2. The average Bonchev–Trinajstić information content (AvgIpc) is 2.32. The summed E-state index contributed by atoms with van der Waals surface area (Å²) in [7, 11) is 1.36. The summed E-state index contributed by atoms with van der Waals surface area (Å²) >= 11 is 0. The summed E-state index contributed by atoms with van der Waals surface area (Å²) in [5.74, 6) is -0.263. The fourth-order valence-corrected chi connectivity index (χ4v) is 1.50. The molecule has 1 heterocycles. The number of hydrogen-bond acceptors (Lipinski definition) is 4. The van der Waals surface area contributed by atoms with Crippen LogP contribution in [0.1, 0.15) is 19.3 Å². The Morgan fingerprint density at radius 2 is 2.23 bits per heavy atom. The van der Waals surface area contributed by atoms with Crippen molar-refractivity contribution in [2.75, 3.05) is 20.3 Å². The molecule has 1 rings (SSSR count). The smallest absolute Gasteiger partial charge is 0.305 e. The highest BCUT2D eigenvalue weighted by Crippen LogP contribution is 2.20. The molecule has 0 aromatic heterocycles. The minimum Gasteiger partial charge on any atom is -0.469 e. The number of ether oxygens (including phenoxy) is 2. The van der Waals surface area contributed by atoms with Crippen molar-refractivity contribution < 1.29 is 19.4 Å². The topological polar surface area (TPSA) is 55.8 Å². The van der Waals surface area contributed by atoms with Gasteiger partial charge in [0.25, 0.3) is 0 Å². The highest BCUT2D eigenvalue weighted by molar-refractivity contribution is 5.69. The molecule has 1 aliphatic heterocycles. The van der Waals surface area contributed by atoms with Gasteiger partial charge in [-0.1, -0.05) is 0 Å². The highest BCUT2D eigenvalue weighted by atomic mass is 16.5. The molecule has 4 heteroatoms. The fraction of sp³-hybridized carbons (Fsp3) is 0.889. The second-order valence-electron chi connectivity index (χ2n) is 3.30. The van der Waals surface area contributed by atoms with E-state index >= 15 is 0 Å². The van der Waals surface area contributed by atoms with Crippen LogP contribution in [0.15, 0.2) is 0 Å². The Morgan fingerprint density at radius 1 is 1.54 bits per heavy atom. The van der Waals surface area contributed by atoms with Gasteiger partial charge in [0, 0.05) is 13.2 Å². The molecule has 4 nitrogen and oxygen atoms in total. The van der Waals surface area contributed by atoms with E-state index in [1.165, 1.54) is 7.11 Å². The van der Waals surface area contributed by atoms with Gasteiger partial charge in [0.05, 0.1) is 19.6 Å². The first-order chi connectivity index (χ1) is 6.24. The van der Waals surface area contributed by atoms with Gasteiger partial charge in [-0.25, -0.2) is 0 Å². The van der Waals surface area contributed by atoms with Gasteiger partial charge in [-0.05, 0) is 18.8 Å². The first kappa shape index (κ1) is 10.5. The molecule has 1 saturated heterocycles. The third-order valence-corrected chi connectivity index (χ3v) is 2.39. The van der Waals surface area contributed by atoms with Crippen LogP contribution in [-0.4, -0.2) is 37.5 Å². The number of aliphatic hydroxyl groups excluding tert-OH is 1. The molecular formula is C9H16O4. The van der Waals surface area contributed by atoms with E-state index in [4.69, 9.17) is 4.74 Å². The molecule has 0 amide bonds. The molecular weight excluding hydrogens is 172 g/mol.